The van der Waals surface area contributed by atoms with Crippen LogP contribution in [0.15, 0.2) is 0 Å². The predicted molar refractivity (Wildman–Crippen MR) is 106 cm³/mol. The van der Waals surface area contributed by atoms with Crippen molar-refractivity contribution in [1.82, 2.24) is 10.2 Å². The molecule has 0 unspecified atom stereocenters. The molecule has 0 bridgehead atoms. The SMILES string of the molecule is CCCCCCCCCCCCCCCCCCNCN(C)C. The third-order valence-electron chi connectivity index (χ3n) is 4.64. The maximum atomic E-state index is 3.46. The molecule has 0 aromatic carbocycles. The van der Waals surface area contributed by atoms with Crippen LogP contribution < -0.4 is 5.32 Å². The first-order chi connectivity index (χ1) is 11.3. The predicted octanol–water partition coefficient (Wildman–Crippen LogP) is 6.36. The summed E-state index contributed by atoms with van der Waals surface area (Å²) >= 11 is 0. The standard InChI is InChI=1S/C21H46N2/c1-4-5-6-7-8-9-10-11-12-13-14-15-16-17-18-19-20-22-21-23(2)3/h22H,4-21H2,1-3H3. The molecule has 0 radical (unpaired) electrons. The topological polar surface area (TPSA) is 15.3 Å². The molecule has 0 spiro atoms. The van der Waals surface area contributed by atoms with Crippen molar-refractivity contribution < 1.29 is 0 Å². The molecule has 0 aliphatic heterocycles. The lowest BCUT2D eigenvalue weighted by Crippen LogP contribution is -2.28. The Kier molecular flexibility index (Phi) is 19.9. The number of hydrogen-bond donors (Lipinski definition) is 1. The molecule has 23 heavy (non-hydrogen) atoms. The van der Waals surface area contributed by atoms with Gasteiger partial charge in [-0.3, -0.25) is 4.90 Å². The number of nitrogens with zero attached hydrogens (tertiary/aromatic N) is 1. The summed E-state index contributed by atoms with van der Waals surface area (Å²) in [6.45, 7) is 4.49. The molecule has 2 heteroatoms. The van der Waals surface area contributed by atoms with Gasteiger partial charge < -0.3 is 5.32 Å². The van der Waals surface area contributed by atoms with Gasteiger partial charge in [-0.05, 0) is 27.1 Å². The van der Waals surface area contributed by atoms with Gasteiger partial charge in [-0.25, -0.2) is 0 Å². The molecular formula is C21H46N2. The van der Waals surface area contributed by atoms with Gasteiger partial charge in [0.2, 0.25) is 0 Å². The molecule has 0 heterocycles. The molecule has 0 saturated carbocycles. The van der Waals surface area contributed by atoms with Crippen molar-refractivity contribution >= 4 is 0 Å². The summed E-state index contributed by atoms with van der Waals surface area (Å²) in [7, 11) is 4.22. The van der Waals surface area contributed by atoms with Crippen molar-refractivity contribution in [3.63, 3.8) is 0 Å². The molecule has 0 aromatic heterocycles. The smallest absolute Gasteiger partial charge is 0.0474 e. The highest BCUT2D eigenvalue weighted by Crippen LogP contribution is 2.13. The minimum atomic E-state index is 1.01. The van der Waals surface area contributed by atoms with Gasteiger partial charge in [-0.1, -0.05) is 103 Å². The maximum absolute atomic E-state index is 3.46. The molecule has 0 amide bonds. The van der Waals surface area contributed by atoms with Gasteiger partial charge in [0.05, 0.1) is 0 Å². The number of rotatable bonds is 19. The monoisotopic (exact) mass is 326 g/mol. The van der Waals surface area contributed by atoms with E-state index in [-0.39, 0.29) is 0 Å². The Morgan fingerprint density at radius 1 is 0.522 bits per heavy atom. The van der Waals surface area contributed by atoms with Crippen LogP contribution in [-0.4, -0.2) is 32.2 Å². The van der Waals surface area contributed by atoms with Gasteiger partial charge in [0.25, 0.3) is 0 Å². The van der Waals surface area contributed by atoms with E-state index in [1.165, 1.54) is 109 Å². The second kappa shape index (κ2) is 20.0. The zero-order chi connectivity index (χ0) is 17.0. The zero-order valence-corrected chi connectivity index (χ0v) is 16.7. The molecule has 0 aliphatic carbocycles. The molecule has 140 valence electrons. The zero-order valence-electron chi connectivity index (χ0n) is 16.7. The Bertz CT molecular complexity index is 204. The van der Waals surface area contributed by atoms with E-state index in [0.29, 0.717) is 0 Å². The first-order valence-corrected chi connectivity index (χ1v) is 10.6. The summed E-state index contributed by atoms with van der Waals surface area (Å²) in [6, 6.07) is 0. The van der Waals surface area contributed by atoms with E-state index < -0.39 is 0 Å². The Balaban J connectivity index is 2.95. The second-order valence-corrected chi connectivity index (χ2v) is 7.54. The summed E-state index contributed by atoms with van der Waals surface area (Å²) in [5.41, 5.74) is 0. The average molecular weight is 327 g/mol. The van der Waals surface area contributed by atoms with Crippen LogP contribution in [0.4, 0.5) is 0 Å². The summed E-state index contributed by atoms with van der Waals surface area (Å²) in [4.78, 5) is 2.19. The minimum absolute atomic E-state index is 1.01. The van der Waals surface area contributed by atoms with E-state index in [1.807, 2.05) is 0 Å². The van der Waals surface area contributed by atoms with Gasteiger partial charge >= 0.3 is 0 Å². The summed E-state index contributed by atoms with van der Waals surface area (Å²) in [5.74, 6) is 0. The highest BCUT2D eigenvalue weighted by Gasteiger charge is 1.95. The van der Waals surface area contributed by atoms with E-state index >= 15 is 0 Å². The van der Waals surface area contributed by atoms with Gasteiger partial charge in [0.15, 0.2) is 0 Å². The molecule has 0 atom stereocenters. The molecule has 1 N–H and O–H groups in total. The van der Waals surface area contributed by atoms with E-state index in [2.05, 4.69) is 31.2 Å². The normalized spacial score (nSPS) is 11.5. The van der Waals surface area contributed by atoms with Crippen LogP contribution in [0.1, 0.15) is 110 Å². The lowest BCUT2D eigenvalue weighted by atomic mass is 10.0. The Morgan fingerprint density at radius 2 is 0.870 bits per heavy atom. The molecule has 0 fully saturated rings. The number of nitrogens with one attached hydrogen (secondary N) is 1. The Hall–Kier alpha value is -0.0800. The van der Waals surface area contributed by atoms with Gasteiger partial charge in [-0.15, -0.1) is 0 Å². The minimum Gasteiger partial charge on any atom is -0.304 e. The first-order valence-electron chi connectivity index (χ1n) is 10.6. The van der Waals surface area contributed by atoms with Crippen molar-refractivity contribution in [3.8, 4) is 0 Å². The molecule has 0 aliphatic rings. The highest BCUT2D eigenvalue weighted by atomic mass is 15.2. The van der Waals surface area contributed by atoms with Crippen LogP contribution in [-0.2, 0) is 0 Å². The van der Waals surface area contributed by atoms with Crippen LogP contribution in [0.2, 0.25) is 0 Å². The van der Waals surface area contributed by atoms with Crippen molar-refractivity contribution in [3.05, 3.63) is 0 Å². The van der Waals surface area contributed by atoms with Crippen molar-refractivity contribution in [2.75, 3.05) is 27.3 Å². The number of hydrogen-bond acceptors (Lipinski definition) is 2. The van der Waals surface area contributed by atoms with Crippen LogP contribution in [0, 0.1) is 0 Å². The Morgan fingerprint density at radius 3 is 1.22 bits per heavy atom. The average Bonchev–Trinajstić information content (AvgIpc) is 2.53. The van der Waals surface area contributed by atoms with E-state index in [0.717, 1.165) is 6.67 Å². The number of unbranched alkanes of at least 4 members (excludes halogenated alkanes) is 15. The van der Waals surface area contributed by atoms with Crippen LogP contribution >= 0.6 is 0 Å². The fourth-order valence-electron chi connectivity index (χ4n) is 3.10. The fraction of sp³-hybridized carbons (Fsp3) is 1.00. The first kappa shape index (κ1) is 22.9. The Labute approximate surface area is 147 Å². The molecular weight excluding hydrogens is 280 g/mol. The molecule has 0 saturated heterocycles. The van der Waals surface area contributed by atoms with Crippen LogP contribution in [0.25, 0.3) is 0 Å². The molecule has 0 aromatic rings. The van der Waals surface area contributed by atoms with Crippen molar-refractivity contribution in [2.24, 2.45) is 0 Å². The van der Waals surface area contributed by atoms with Crippen LogP contribution in [0.3, 0.4) is 0 Å². The third kappa shape index (κ3) is 21.9. The van der Waals surface area contributed by atoms with E-state index in [4.69, 9.17) is 0 Å². The van der Waals surface area contributed by atoms with Crippen molar-refractivity contribution in [1.29, 1.82) is 0 Å². The van der Waals surface area contributed by atoms with E-state index in [9.17, 15) is 0 Å². The fourth-order valence-corrected chi connectivity index (χ4v) is 3.10. The van der Waals surface area contributed by atoms with Gasteiger partial charge in [0.1, 0.15) is 0 Å². The van der Waals surface area contributed by atoms with Gasteiger partial charge in [0, 0.05) is 6.67 Å². The maximum Gasteiger partial charge on any atom is 0.0474 e. The summed E-state index contributed by atoms with van der Waals surface area (Å²) in [6.07, 6.45) is 23.1. The quantitative estimate of drug-likeness (QED) is 0.219. The van der Waals surface area contributed by atoms with Crippen molar-refractivity contribution in [2.45, 2.75) is 110 Å². The van der Waals surface area contributed by atoms with Gasteiger partial charge in [-0.2, -0.15) is 0 Å². The lowest BCUT2D eigenvalue weighted by Gasteiger charge is -2.10. The lowest BCUT2D eigenvalue weighted by molar-refractivity contribution is 0.365. The molecule has 0 rings (SSSR count). The highest BCUT2D eigenvalue weighted by molar-refractivity contribution is 4.51. The van der Waals surface area contributed by atoms with Crippen LogP contribution in [0.5, 0.6) is 0 Å². The third-order valence-corrected chi connectivity index (χ3v) is 4.64. The summed E-state index contributed by atoms with van der Waals surface area (Å²) < 4.78 is 0. The molecule has 2 nitrogen and oxygen atoms in total. The second-order valence-electron chi connectivity index (χ2n) is 7.54. The largest absolute Gasteiger partial charge is 0.304 e. The summed E-state index contributed by atoms with van der Waals surface area (Å²) in [5, 5.41) is 3.46. The van der Waals surface area contributed by atoms with E-state index in [1.54, 1.807) is 0 Å².